The van der Waals surface area contributed by atoms with Crippen molar-refractivity contribution in [3.8, 4) is 0 Å². The van der Waals surface area contributed by atoms with E-state index in [0.29, 0.717) is 12.3 Å². The summed E-state index contributed by atoms with van der Waals surface area (Å²) < 4.78 is 0. The van der Waals surface area contributed by atoms with Crippen LogP contribution in [0, 0.1) is 5.92 Å². The largest absolute Gasteiger partial charge is 0.353 e. The molecule has 2 aromatic carbocycles. The van der Waals surface area contributed by atoms with Gasteiger partial charge < -0.3 is 5.32 Å². The van der Waals surface area contributed by atoms with E-state index in [4.69, 9.17) is 0 Å². The summed E-state index contributed by atoms with van der Waals surface area (Å²) in [6.07, 6.45) is 1.60. The molecule has 2 unspecified atom stereocenters. The van der Waals surface area contributed by atoms with Gasteiger partial charge in [0.25, 0.3) is 0 Å². The van der Waals surface area contributed by atoms with E-state index in [-0.39, 0.29) is 17.9 Å². The van der Waals surface area contributed by atoms with Gasteiger partial charge in [-0.2, -0.15) is 0 Å². The van der Waals surface area contributed by atoms with Crippen molar-refractivity contribution in [3.63, 3.8) is 0 Å². The monoisotopic (exact) mass is 279 g/mol. The van der Waals surface area contributed by atoms with Crippen LogP contribution < -0.4 is 5.32 Å². The van der Waals surface area contributed by atoms with Crippen LogP contribution in [0.4, 0.5) is 0 Å². The second kappa shape index (κ2) is 6.13. The Morgan fingerprint density at radius 3 is 2.00 bits per heavy atom. The highest BCUT2D eigenvalue weighted by Gasteiger charge is 2.38. The van der Waals surface area contributed by atoms with Crippen LogP contribution in [0.2, 0.25) is 0 Å². The normalized spacial score (nSPS) is 21.5. The smallest absolute Gasteiger partial charge is 0.220 e. The Morgan fingerprint density at radius 2 is 1.52 bits per heavy atom. The third kappa shape index (κ3) is 2.85. The third-order valence-corrected chi connectivity index (χ3v) is 4.47. The molecule has 1 N–H and O–H groups in total. The van der Waals surface area contributed by atoms with Crippen LogP contribution in [0.25, 0.3) is 0 Å². The summed E-state index contributed by atoms with van der Waals surface area (Å²) in [5.41, 5.74) is 2.59. The molecule has 3 rings (SSSR count). The molecule has 0 saturated carbocycles. The number of amides is 1. The predicted octanol–water partition coefficient (Wildman–Crippen LogP) is 3.73. The van der Waals surface area contributed by atoms with Gasteiger partial charge in [-0.05, 0) is 23.5 Å². The van der Waals surface area contributed by atoms with Gasteiger partial charge >= 0.3 is 0 Å². The minimum absolute atomic E-state index is 0.184. The van der Waals surface area contributed by atoms with Crippen molar-refractivity contribution in [1.29, 1.82) is 0 Å². The summed E-state index contributed by atoms with van der Waals surface area (Å²) in [5.74, 6) is 0.785. The van der Waals surface area contributed by atoms with Crippen LogP contribution in [-0.4, -0.2) is 11.9 Å². The zero-order valence-electron chi connectivity index (χ0n) is 12.3. The van der Waals surface area contributed by atoms with Crippen molar-refractivity contribution in [3.05, 3.63) is 71.8 Å². The Bertz CT molecular complexity index is 554. The molecule has 2 nitrogen and oxygen atoms in total. The van der Waals surface area contributed by atoms with Crippen molar-refractivity contribution in [2.24, 2.45) is 5.92 Å². The summed E-state index contributed by atoms with van der Waals surface area (Å²) in [5, 5.41) is 3.13. The molecule has 1 amide bonds. The van der Waals surface area contributed by atoms with Gasteiger partial charge in [0.05, 0.1) is 0 Å². The lowest BCUT2D eigenvalue weighted by Gasteiger charge is -2.28. The number of hydrogen-bond donors (Lipinski definition) is 1. The molecule has 0 aliphatic carbocycles. The molecular weight excluding hydrogens is 258 g/mol. The van der Waals surface area contributed by atoms with E-state index in [1.807, 2.05) is 12.1 Å². The second-order valence-electron chi connectivity index (χ2n) is 5.75. The lowest BCUT2D eigenvalue weighted by Crippen LogP contribution is -2.31. The molecule has 1 heterocycles. The Kier molecular flexibility index (Phi) is 4.05. The quantitative estimate of drug-likeness (QED) is 0.907. The first-order valence-electron chi connectivity index (χ1n) is 7.69. The van der Waals surface area contributed by atoms with Crippen molar-refractivity contribution >= 4 is 5.91 Å². The molecule has 2 aromatic rings. The third-order valence-electron chi connectivity index (χ3n) is 4.47. The lowest BCUT2D eigenvalue weighted by molar-refractivity contribution is -0.119. The van der Waals surface area contributed by atoms with E-state index < -0.39 is 0 Å². The van der Waals surface area contributed by atoms with Crippen LogP contribution >= 0.6 is 0 Å². The molecule has 1 aliphatic heterocycles. The lowest BCUT2D eigenvalue weighted by atomic mass is 9.76. The van der Waals surface area contributed by atoms with Gasteiger partial charge in [0, 0.05) is 18.4 Å². The van der Waals surface area contributed by atoms with Gasteiger partial charge in [0.15, 0.2) is 0 Å². The fraction of sp³-hybridized carbons (Fsp3) is 0.316. The second-order valence-corrected chi connectivity index (χ2v) is 5.75. The first-order chi connectivity index (χ1) is 10.3. The summed E-state index contributed by atoms with van der Waals surface area (Å²) in [6.45, 7) is 2.15. The van der Waals surface area contributed by atoms with Crippen LogP contribution in [0.15, 0.2) is 60.7 Å². The molecule has 1 saturated heterocycles. The molecular formula is C19H21NO. The number of hydrogen-bond acceptors (Lipinski definition) is 1. The van der Waals surface area contributed by atoms with Gasteiger partial charge in [-0.25, -0.2) is 0 Å². The molecule has 0 radical (unpaired) electrons. The Hall–Kier alpha value is -2.09. The van der Waals surface area contributed by atoms with Crippen molar-refractivity contribution in [1.82, 2.24) is 5.32 Å². The van der Waals surface area contributed by atoms with Crippen LogP contribution in [-0.2, 0) is 4.79 Å². The first kappa shape index (κ1) is 13.9. The van der Waals surface area contributed by atoms with E-state index in [2.05, 4.69) is 60.8 Å². The number of benzene rings is 2. The fourth-order valence-electron chi connectivity index (χ4n) is 3.49. The summed E-state index contributed by atoms with van der Waals surface area (Å²) in [4.78, 5) is 11.9. The number of carbonyl (C=O) groups is 1. The highest BCUT2D eigenvalue weighted by molar-refractivity contribution is 5.79. The summed E-state index contributed by atoms with van der Waals surface area (Å²) in [7, 11) is 0. The standard InChI is InChI=1S/C19H21NO/c1-2-17-16(13-18(21)20-17)19(14-9-5-3-6-10-14)15-11-7-4-8-12-15/h3-12,16-17,19H,2,13H2,1H3,(H,20,21). The van der Waals surface area contributed by atoms with Gasteiger partial charge in [-0.1, -0.05) is 67.6 Å². The molecule has 108 valence electrons. The number of carbonyl (C=O) groups excluding carboxylic acids is 1. The van der Waals surface area contributed by atoms with Gasteiger partial charge in [-0.3, -0.25) is 4.79 Å². The molecule has 2 heteroatoms. The van der Waals surface area contributed by atoms with E-state index in [0.717, 1.165) is 6.42 Å². The van der Waals surface area contributed by atoms with E-state index in [1.54, 1.807) is 0 Å². The number of rotatable bonds is 4. The van der Waals surface area contributed by atoms with Crippen molar-refractivity contribution in [2.45, 2.75) is 31.7 Å². The van der Waals surface area contributed by atoms with Gasteiger partial charge in [0.1, 0.15) is 0 Å². The molecule has 1 fully saturated rings. The van der Waals surface area contributed by atoms with Crippen molar-refractivity contribution < 1.29 is 4.79 Å². The van der Waals surface area contributed by atoms with E-state index in [9.17, 15) is 4.79 Å². The Balaban J connectivity index is 2.03. The molecule has 1 aliphatic rings. The zero-order valence-corrected chi connectivity index (χ0v) is 12.3. The van der Waals surface area contributed by atoms with Gasteiger partial charge in [0.2, 0.25) is 5.91 Å². The Labute approximate surface area is 126 Å². The molecule has 0 spiro atoms. The van der Waals surface area contributed by atoms with Crippen LogP contribution in [0.1, 0.15) is 36.8 Å². The summed E-state index contributed by atoms with van der Waals surface area (Å²) >= 11 is 0. The minimum atomic E-state index is 0.184. The highest BCUT2D eigenvalue weighted by atomic mass is 16.2. The fourth-order valence-corrected chi connectivity index (χ4v) is 3.49. The highest BCUT2D eigenvalue weighted by Crippen LogP contribution is 2.39. The van der Waals surface area contributed by atoms with E-state index in [1.165, 1.54) is 11.1 Å². The average molecular weight is 279 g/mol. The van der Waals surface area contributed by atoms with Crippen molar-refractivity contribution in [2.75, 3.05) is 0 Å². The minimum Gasteiger partial charge on any atom is -0.353 e. The molecule has 0 aromatic heterocycles. The maximum atomic E-state index is 11.9. The van der Waals surface area contributed by atoms with Crippen LogP contribution in [0.3, 0.4) is 0 Å². The SMILES string of the molecule is CCC1NC(=O)CC1C(c1ccccc1)c1ccccc1. The number of nitrogens with one attached hydrogen (secondary N) is 1. The Morgan fingerprint density at radius 1 is 1.00 bits per heavy atom. The zero-order chi connectivity index (χ0) is 14.7. The average Bonchev–Trinajstić information content (AvgIpc) is 2.90. The maximum absolute atomic E-state index is 11.9. The maximum Gasteiger partial charge on any atom is 0.220 e. The molecule has 0 bridgehead atoms. The molecule has 21 heavy (non-hydrogen) atoms. The predicted molar refractivity (Wildman–Crippen MR) is 85.1 cm³/mol. The molecule has 2 atom stereocenters. The first-order valence-corrected chi connectivity index (χ1v) is 7.69. The topological polar surface area (TPSA) is 29.1 Å². The van der Waals surface area contributed by atoms with Crippen LogP contribution in [0.5, 0.6) is 0 Å². The van der Waals surface area contributed by atoms with Gasteiger partial charge in [-0.15, -0.1) is 0 Å². The summed E-state index contributed by atoms with van der Waals surface area (Å²) in [6, 6.07) is 21.4. The van der Waals surface area contributed by atoms with E-state index >= 15 is 0 Å².